The first-order valence-electron chi connectivity index (χ1n) is 9.34. The minimum atomic E-state index is 0.685. The molecule has 1 fully saturated rings. The van der Waals surface area contributed by atoms with E-state index in [1.807, 2.05) is 31.3 Å². The van der Waals surface area contributed by atoms with Crippen LogP contribution in [0.25, 0.3) is 22.3 Å². The number of likely N-dealkylation sites (N-methyl/N-ethyl adjacent to an activating group) is 1. The minimum Gasteiger partial charge on any atom is -0.494 e. The molecule has 0 atom stereocenters. The smallest absolute Gasteiger partial charge is 0.138 e. The van der Waals surface area contributed by atoms with Crippen molar-refractivity contribution in [1.82, 2.24) is 19.8 Å². The van der Waals surface area contributed by atoms with Gasteiger partial charge in [0, 0.05) is 49.9 Å². The van der Waals surface area contributed by atoms with Crippen LogP contribution in [0.2, 0.25) is 0 Å². The van der Waals surface area contributed by atoms with Crippen LogP contribution in [0.1, 0.15) is 12.5 Å². The first-order valence-corrected chi connectivity index (χ1v) is 9.34. The maximum atomic E-state index is 5.58. The van der Waals surface area contributed by atoms with Crippen LogP contribution in [0.5, 0.6) is 5.75 Å². The zero-order valence-electron chi connectivity index (χ0n) is 15.5. The normalized spacial score (nSPS) is 16.2. The monoisotopic (exact) mass is 350 g/mol. The van der Waals surface area contributed by atoms with Gasteiger partial charge >= 0.3 is 0 Å². The Labute approximate surface area is 154 Å². The lowest BCUT2D eigenvalue weighted by Gasteiger charge is -2.32. The minimum absolute atomic E-state index is 0.685. The molecule has 1 aliphatic heterocycles. The average molecular weight is 350 g/mol. The van der Waals surface area contributed by atoms with Crippen LogP contribution in [0.4, 0.5) is 0 Å². The highest BCUT2D eigenvalue weighted by Crippen LogP contribution is 2.31. The molecule has 5 nitrogen and oxygen atoms in total. The van der Waals surface area contributed by atoms with Gasteiger partial charge in [0.1, 0.15) is 11.4 Å². The van der Waals surface area contributed by atoms with Crippen molar-refractivity contribution in [2.75, 3.05) is 39.8 Å². The second-order valence-corrected chi connectivity index (χ2v) is 6.91. The number of rotatable bonds is 5. The maximum Gasteiger partial charge on any atom is 0.138 e. The number of hydrogen-bond donors (Lipinski definition) is 1. The molecule has 136 valence electrons. The van der Waals surface area contributed by atoms with E-state index in [4.69, 9.17) is 4.74 Å². The van der Waals surface area contributed by atoms with Gasteiger partial charge < -0.3 is 14.6 Å². The molecule has 0 spiro atoms. The summed E-state index contributed by atoms with van der Waals surface area (Å²) in [7, 11) is 2.19. The summed E-state index contributed by atoms with van der Waals surface area (Å²) in [5.74, 6) is 0.908. The molecule has 1 aliphatic rings. The predicted octanol–water partition coefficient (Wildman–Crippen LogP) is 3.38. The van der Waals surface area contributed by atoms with Crippen molar-refractivity contribution in [1.29, 1.82) is 0 Å². The Morgan fingerprint density at radius 3 is 2.58 bits per heavy atom. The Balaban J connectivity index is 1.69. The number of aromatic nitrogens is 2. The van der Waals surface area contributed by atoms with E-state index in [0.29, 0.717) is 6.61 Å². The van der Waals surface area contributed by atoms with Gasteiger partial charge in [-0.25, -0.2) is 4.98 Å². The summed E-state index contributed by atoms with van der Waals surface area (Å²) in [6.07, 6.45) is 1.85. The summed E-state index contributed by atoms with van der Waals surface area (Å²) >= 11 is 0. The zero-order chi connectivity index (χ0) is 17.9. The van der Waals surface area contributed by atoms with E-state index in [-0.39, 0.29) is 0 Å². The van der Waals surface area contributed by atoms with E-state index in [1.54, 1.807) is 0 Å². The van der Waals surface area contributed by atoms with E-state index in [0.717, 1.165) is 44.1 Å². The van der Waals surface area contributed by atoms with Gasteiger partial charge in [-0.3, -0.25) is 4.90 Å². The van der Waals surface area contributed by atoms with Crippen molar-refractivity contribution >= 4 is 11.0 Å². The number of ether oxygens (including phenoxy) is 1. The average Bonchev–Trinajstić information content (AvgIpc) is 3.03. The van der Waals surface area contributed by atoms with E-state index in [1.165, 1.54) is 22.2 Å². The van der Waals surface area contributed by atoms with Gasteiger partial charge in [-0.05, 0) is 55.9 Å². The Bertz CT molecular complexity index is 863. The number of H-pyrrole nitrogens is 1. The number of pyridine rings is 1. The van der Waals surface area contributed by atoms with Crippen molar-refractivity contribution in [2.24, 2.45) is 0 Å². The predicted molar refractivity (Wildman–Crippen MR) is 105 cm³/mol. The summed E-state index contributed by atoms with van der Waals surface area (Å²) in [6.45, 7) is 8.09. The molecular formula is C21H26N4O. The third kappa shape index (κ3) is 3.45. The van der Waals surface area contributed by atoms with Gasteiger partial charge in [0.25, 0.3) is 0 Å². The largest absolute Gasteiger partial charge is 0.494 e. The van der Waals surface area contributed by atoms with Crippen LogP contribution >= 0.6 is 0 Å². The molecule has 1 aromatic carbocycles. The summed E-state index contributed by atoms with van der Waals surface area (Å²) in [5.41, 5.74) is 4.64. The molecule has 0 bridgehead atoms. The fraction of sp³-hybridized carbons (Fsp3) is 0.381. The summed E-state index contributed by atoms with van der Waals surface area (Å²) in [5, 5.41) is 1.22. The second-order valence-electron chi connectivity index (χ2n) is 6.91. The lowest BCUT2D eigenvalue weighted by atomic mass is 10.0. The van der Waals surface area contributed by atoms with Gasteiger partial charge in [0.15, 0.2) is 0 Å². The highest BCUT2D eigenvalue weighted by molar-refractivity contribution is 5.88. The van der Waals surface area contributed by atoms with Crippen LogP contribution in [0.15, 0.2) is 42.6 Å². The van der Waals surface area contributed by atoms with Crippen molar-refractivity contribution < 1.29 is 4.74 Å². The van der Waals surface area contributed by atoms with Crippen LogP contribution in [0, 0.1) is 0 Å². The molecule has 1 N–H and O–H groups in total. The topological polar surface area (TPSA) is 44.4 Å². The SMILES string of the molecule is CCOc1ccc(-c2[nH]c3ncccc3c2CN2CCN(C)CC2)cc1. The quantitative estimate of drug-likeness (QED) is 0.766. The highest BCUT2D eigenvalue weighted by Gasteiger charge is 2.19. The highest BCUT2D eigenvalue weighted by atomic mass is 16.5. The number of aromatic amines is 1. The number of benzene rings is 1. The van der Waals surface area contributed by atoms with Crippen molar-refractivity contribution in [3.8, 4) is 17.0 Å². The van der Waals surface area contributed by atoms with Gasteiger partial charge in [-0.2, -0.15) is 0 Å². The molecule has 0 aliphatic carbocycles. The van der Waals surface area contributed by atoms with Crippen molar-refractivity contribution in [3.63, 3.8) is 0 Å². The van der Waals surface area contributed by atoms with Gasteiger partial charge in [0.2, 0.25) is 0 Å². The van der Waals surface area contributed by atoms with Crippen molar-refractivity contribution in [3.05, 3.63) is 48.2 Å². The number of hydrogen-bond acceptors (Lipinski definition) is 4. The van der Waals surface area contributed by atoms with E-state index in [9.17, 15) is 0 Å². The number of nitrogens with zero attached hydrogens (tertiary/aromatic N) is 3. The third-order valence-corrected chi connectivity index (χ3v) is 5.11. The second kappa shape index (κ2) is 7.48. The molecule has 4 rings (SSSR count). The van der Waals surface area contributed by atoms with Gasteiger partial charge in [-0.1, -0.05) is 0 Å². The summed E-state index contributed by atoms with van der Waals surface area (Å²) in [4.78, 5) is 13.0. The van der Waals surface area contributed by atoms with Gasteiger partial charge in [-0.15, -0.1) is 0 Å². The first-order chi connectivity index (χ1) is 12.7. The van der Waals surface area contributed by atoms with Crippen molar-refractivity contribution in [2.45, 2.75) is 13.5 Å². The van der Waals surface area contributed by atoms with Crippen LogP contribution < -0.4 is 4.74 Å². The number of piperazine rings is 1. The first kappa shape index (κ1) is 17.1. The standard InChI is InChI=1S/C21H26N4O/c1-3-26-17-8-6-16(7-9-17)20-19(15-25-13-11-24(2)12-14-25)18-5-4-10-22-21(18)23-20/h4-10H,3,11-15H2,1-2H3,(H,22,23). The molecule has 3 aromatic rings. The lowest BCUT2D eigenvalue weighted by molar-refractivity contribution is 0.148. The summed E-state index contributed by atoms with van der Waals surface area (Å²) < 4.78 is 5.58. The summed E-state index contributed by atoms with van der Waals surface area (Å²) in [6, 6.07) is 12.5. The van der Waals surface area contributed by atoms with Crippen LogP contribution in [-0.2, 0) is 6.54 Å². The Kier molecular flexibility index (Phi) is 4.91. The molecule has 0 radical (unpaired) electrons. The Morgan fingerprint density at radius 2 is 1.85 bits per heavy atom. The molecular weight excluding hydrogens is 324 g/mol. The molecule has 0 saturated carbocycles. The van der Waals surface area contributed by atoms with E-state index >= 15 is 0 Å². The molecule has 1 saturated heterocycles. The molecule has 0 unspecified atom stereocenters. The third-order valence-electron chi connectivity index (χ3n) is 5.11. The fourth-order valence-electron chi connectivity index (χ4n) is 3.60. The molecule has 3 heterocycles. The number of nitrogens with one attached hydrogen (secondary N) is 1. The van der Waals surface area contributed by atoms with Crippen LogP contribution in [-0.4, -0.2) is 59.6 Å². The Morgan fingerprint density at radius 1 is 1.08 bits per heavy atom. The molecule has 2 aromatic heterocycles. The maximum absolute atomic E-state index is 5.58. The lowest BCUT2D eigenvalue weighted by Crippen LogP contribution is -2.43. The van der Waals surface area contributed by atoms with Gasteiger partial charge in [0.05, 0.1) is 12.3 Å². The number of fused-ring (bicyclic) bond motifs is 1. The molecule has 26 heavy (non-hydrogen) atoms. The molecule has 0 amide bonds. The molecule has 5 heteroatoms. The fourth-order valence-corrected chi connectivity index (χ4v) is 3.60. The van der Waals surface area contributed by atoms with Crippen LogP contribution in [0.3, 0.4) is 0 Å². The van der Waals surface area contributed by atoms with E-state index in [2.05, 4.69) is 45.0 Å². The Hall–Kier alpha value is -2.37. The van der Waals surface area contributed by atoms with E-state index < -0.39 is 0 Å². The zero-order valence-corrected chi connectivity index (χ0v) is 15.5.